The van der Waals surface area contributed by atoms with Gasteiger partial charge in [-0.25, -0.2) is 0 Å². The zero-order valence-electron chi connectivity index (χ0n) is 8.40. The Kier molecular flexibility index (Phi) is 3.84. The number of aliphatic hydroxyl groups excluding tert-OH is 1. The van der Waals surface area contributed by atoms with E-state index in [1.165, 1.54) is 0 Å². The normalized spacial score (nSPS) is 12.4. The van der Waals surface area contributed by atoms with Crippen LogP contribution in [0.4, 0.5) is 0 Å². The van der Waals surface area contributed by atoms with Crippen LogP contribution in [0.2, 0.25) is 5.02 Å². The van der Waals surface area contributed by atoms with Crippen molar-refractivity contribution in [2.75, 3.05) is 0 Å². The molecule has 16 heavy (non-hydrogen) atoms. The Bertz CT molecular complexity index is 485. The number of hydrogen-bond donors (Lipinski definition) is 1. The monoisotopic (exact) mass is 344 g/mol. The zero-order valence-corrected chi connectivity index (χ0v) is 11.3. The van der Waals surface area contributed by atoms with Gasteiger partial charge in [-0.15, -0.1) is 0 Å². The molecule has 82 valence electrons. The molecule has 0 bridgehead atoms. The maximum Gasteiger partial charge on any atom is 0.104 e. The van der Waals surface area contributed by atoms with E-state index >= 15 is 0 Å². The highest BCUT2D eigenvalue weighted by Gasteiger charge is 2.10. The van der Waals surface area contributed by atoms with Crippen molar-refractivity contribution in [1.29, 1.82) is 0 Å². The van der Waals surface area contributed by atoms with Gasteiger partial charge in [0.15, 0.2) is 0 Å². The Morgan fingerprint density at radius 2 is 1.69 bits per heavy atom. The van der Waals surface area contributed by atoms with Crippen LogP contribution in [0.3, 0.4) is 0 Å². The summed E-state index contributed by atoms with van der Waals surface area (Å²) in [6.07, 6.45) is -0.615. The third kappa shape index (κ3) is 2.56. The standard InChI is InChI=1S/C13H10ClIO/c14-11-8-10(6-7-12(11)15)13(16)9-4-2-1-3-5-9/h1-8,13,16H. The second-order valence-corrected chi connectivity index (χ2v) is 5.06. The second kappa shape index (κ2) is 5.17. The maximum atomic E-state index is 10.1. The molecule has 2 rings (SSSR count). The Morgan fingerprint density at radius 3 is 2.31 bits per heavy atom. The van der Waals surface area contributed by atoms with E-state index in [1.807, 2.05) is 42.5 Å². The first-order chi connectivity index (χ1) is 7.68. The van der Waals surface area contributed by atoms with Gasteiger partial charge in [0.25, 0.3) is 0 Å². The van der Waals surface area contributed by atoms with E-state index in [2.05, 4.69) is 22.6 Å². The highest BCUT2D eigenvalue weighted by Crippen LogP contribution is 2.26. The molecule has 0 fully saturated rings. The molecule has 0 heterocycles. The van der Waals surface area contributed by atoms with Crippen molar-refractivity contribution in [3.05, 3.63) is 68.3 Å². The van der Waals surface area contributed by atoms with Gasteiger partial charge in [0, 0.05) is 3.57 Å². The zero-order chi connectivity index (χ0) is 11.5. The lowest BCUT2D eigenvalue weighted by Crippen LogP contribution is -1.99. The molecule has 0 aliphatic heterocycles. The summed E-state index contributed by atoms with van der Waals surface area (Å²) in [5.41, 5.74) is 1.69. The molecular formula is C13H10ClIO. The van der Waals surface area contributed by atoms with E-state index in [1.54, 1.807) is 6.07 Å². The van der Waals surface area contributed by atoms with Crippen LogP contribution in [0.15, 0.2) is 48.5 Å². The number of halogens is 2. The molecule has 0 spiro atoms. The molecule has 2 aromatic rings. The van der Waals surface area contributed by atoms with Crippen LogP contribution in [0, 0.1) is 3.57 Å². The van der Waals surface area contributed by atoms with E-state index in [0.717, 1.165) is 14.7 Å². The Labute approximate surface area is 113 Å². The van der Waals surface area contributed by atoms with E-state index < -0.39 is 6.10 Å². The van der Waals surface area contributed by atoms with Gasteiger partial charge in [-0.2, -0.15) is 0 Å². The lowest BCUT2D eigenvalue weighted by atomic mass is 10.0. The minimum Gasteiger partial charge on any atom is -0.384 e. The fourth-order valence-electron chi connectivity index (χ4n) is 1.51. The fourth-order valence-corrected chi connectivity index (χ4v) is 2.03. The highest BCUT2D eigenvalue weighted by molar-refractivity contribution is 14.1. The number of hydrogen-bond acceptors (Lipinski definition) is 1. The third-order valence-corrected chi connectivity index (χ3v) is 3.95. The molecule has 0 radical (unpaired) electrons. The Balaban J connectivity index is 2.34. The van der Waals surface area contributed by atoms with Crippen molar-refractivity contribution >= 4 is 34.2 Å². The summed E-state index contributed by atoms with van der Waals surface area (Å²) in [5, 5.41) is 10.8. The van der Waals surface area contributed by atoms with Crippen LogP contribution in [0.25, 0.3) is 0 Å². The summed E-state index contributed by atoms with van der Waals surface area (Å²) in [4.78, 5) is 0. The largest absolute Gasteiger partial charge is 0.384 e. The highest BCUT2D eigenvalue weighted by atomic mass is 127. The van der Waals surface area contributed by atoms with Crippen molar-refractivity contribution in [2.24, 2.45) is 0 Å². The number of benzene rings is 2. The fraction of sp³-hybridized carbons (Fsp3) is 0.0769. The van der Waals surface area contributed by atoms with Gasteiger partial charge >= 0.3 is 0 Å². The summed E-state index contributed by atoms with van der Waals surface area (Å²) in [7, 11) is 0. The quantitative estimate of drug-likeness (QED) is 0.816. The molecule has 0 aromatic heterocycles. The van der Waals surface area contributed by atoms with Gasteiger partial charge in [0.2, 0.25) is 0 Å². The molecule has 1 N–H and O–H groups in total. The first kappa shape index (κ1) is 11.9. The van der Waals surface area contributed by atoms with E-state index in [0.29, 0.717) is 5.02 Å². The summed E-state index contributed by atoms with van der Waals surface area (Å²) < 4.78 is 0.989. The summed E-state index contributed by atoms with van der Waals surface area (Å²) in [6, 6.07) is 15.2. The van der Waals surface area contributed by atoms with Gasteiger partial charge in [0.1, 0.15) is 6.10 Å². The van der Waals surface area contributed by atoms with Crippen LogP contribution < -0.4 is 0 Å². The van der Waals surface area contributed by atoms with E-state index in [9.17, 15) is 5.11 Å². The van der Waals surface area contributed by atoms with Crippen LogP contribution in [0.5, 0.6) is 0 Å². The SMILES string of the molecule is OC(c1ccccc1)c1ccc(I)c(Cl)c1. The molecule has 0 aliphatic carbocycles. The maximum absolute atomic E-state index is 10.1. The number of rotatable bonds is 2. The summed E-state index contributed by atoms with van der Waals surface area (Å²) in [6.45, 7) is 0. The van der Waals surface area contributed by atoms with Crippen molar-refractivity contribution < 1.29 is 5.11 Å². The second-order valence-electron chi connectivity index (χ2n) is 3.49. The third-order valence-electron chi connectivity index (χ3n) is 2.37. The predicted octanol–water partition coefficient (Wildman–Crippen LogP) is 4.03. The summed E-state index contributed by atoms with van der Waals surface area (Å²) in [5.74, 6) is 0. The van der Waals surface area contributed by atoms with Gasteiger partial charge < -0.3 is 5.11 Å². The van der Waals surface area contributed by atoms with Crippen molar-refractivity contribution in [2.45, 2.75) is 6.10 Å². The molecule has 1 unspecified atom stereocenters. The smallest absolute Gasteiger partial charge is 0.104 e. The van der Waals surface area contributed by atoms with Gasteiger partial charge in [-0.1, -0.05) is 48.0 Å². The Morgan fingerprint density at radius 1 is 1.00 bits per heavy atom. The molecule has 2 aromatic carbocycles. The van der Waals surface area contributed by atoms with E-state index in [-0.39, 0.29) is 0 Å². The van der Waals surface area contributed by atoms with Crippen molar-refractivity contribution in [3.63, 3.8) is 0 Å². The van der Waals surface area contributed by atoms with Gasteiger partial charge in [-0.05, 0) is 45.9 Å². The molecule has 1 nitrogen and oxygen atoms in total. The molecule has 3 heteroatoms. The minimum absolute atomic E-state index is 0.615. The summed E-state index contributed by atoms with van der Waals surface area (Å²) >= 11 is 8.19. The van der Waals surface area contributed by atoms with Gasteiger partial charge in [0.05, 0.1) is 5.02 Å². The van der Waals surface area contributed by atoms with Gasteiger partial charge in [-0.3, -0.25) is 0 Å². The van der Waals surface area contributed by atoms with Crippen LogP contribution in [-0.4, -0.2) is 5.11 Å². The van der Waals surface area contributed by atoms with E-state index in [4.69, 9.17) is 11.6 Å². The predicted molar refractivity (Wildman–Crippen MR) is 74.7 cm³/mol. The Hall–Kier alpha value is -0.580. The molecule has 0 saturated heterocycles. The van der Waals surface area contributed by atoms with Crippen molar-refractivity contribution in [3.8, 4) is 0 Å². The molecular weight excluding hydrogens is 334 g/mol. The molecule has 1 atom stereocenters. The molecule has 0 amide bonds. The minimum atomic E-state index is -0.615. The lowest BCUT2D eigenvalue weighted by molar-refractivity contribution is 0.220. The number of aliphatic hydroxyl groups is 1. The first-order valence-electron chi connectivity index (χ1n) is 4.86. The van der Waals surface area contributed by atoms with Crippen LogP contribution in [-0.2, 0) is 0 Å². The first-order valence-corrected chi connectivity index (χ1v) is 6.32. The molecule has 0 saturated carbocycles. The lowest BCUT2D eigenvalue weighted by Gasteiger charge is -2.12. The molecule has 0 aliphatic rings. The van der Waals surface area contributed by atoms with Crippen LogP contribution >= 0.6 is 34.2 Å². The average molecular weight is 345 g/mol. The topological polar surface area (TPSA) is 20.2 Å². The van der Waals surface area contributed by atoms with Crippen molar-refractivity contribution in [1.82, 2.24) is 0 Å². The van der Waals surface area contributed by atoms with Crippen LogP contribution in [0.1, 0.15) is 17.2 Å². The average Bonchev–Trinajstić information content (AvgIpc) is 2.33.